The van der Waals surface area contributed by atoms with Crippen LogP contribution in [0.2, 0.25) is 0 Å². The minimum atomic E-state index is -0.390. The molecule has 0 spiro atoms. The second kappa shape index (κ2) is 7.79. The van der Waals surface area contributed by atoms with Crippen molar-refractivity contribution in [3.05, 3.63) is 30.1 Å². The fourth-order valence-corrected chi connectivity index (χ4v) is 3.28. The van der Waals surface area contributed by atoms with Gasteiger partial charge in [-0.2, -0.15) is 0 Å². The van der Waals surface area contributed by atoms with E-state index in [1.54, 1.807) is 17.0 Å². The lowest BCUT2D eigenvalue weighted by Gasteiger charge is -2.34. The molecule has 2 N–H and O–H groups in total. The van der Waals surface area contributed by atoms with Crippen LogP contribution in [0, 0.1) is 5.82 Å². The van der Waals surface area contributed by atoms with Crippen molar-refractivity contribution in [3.8, 4) is 0 Å². The van der Waals surface area contributed by atoms with Gasteiger partial charge >= 0.3 is 6.03 Å². The maximum atomic E-state index is 13.4. The zero-order valence-corrected chi connectivity index (χ0v) is 14.0. The summed E-state index contributed by atoms with van der Waals surface area (Å²) in [5, 5.41) is 11.9. The van der Waals surface area contributed by atoms with Gasteiger partial charge in [-0.3, -0.25) is 9.69 Å². The minimum absolute atomic E-state index is 0.117. The number of carbonyl (C=O) groups excluding carboxylic acids is 2. The molecule has 1 atom stereocenters. The molecule has 2 fully saturated rings. The Morgan fingerprint density at radius 3 is 2.72 bits per heavy atom. The highest BCUT2D eigenvalue weighted by Gasteiger charge is 2.33. The van der Waals surface area contributed by atoms with Gasteiger partial charge in [0.15, 0.2) is 0 Å². The van der Waals surface area contributed by atoms with Crippen LogP contribution < -0.4 is 10.2 Å². The Kier molecular flexibility index (Phi) is 5.50. The SMILES string of the molecule is O=C(N[C@@H]1CC(=O)N(c2cccc(F)c2)C1)N1CCN(CCO)CC1. The van der Waals surface area contributed by atoms with Crippen molar-refractivity contribution in [3.63, 3.8) is 0 Å². The predicted octanol–water partition coefficient (Wildman–Crippen LogP) is 0.251. The van der Waals surface area contributed by atoms with E-state index in [1.165, 1.54) is 17.0 Å². The highest BCUT2D eigenvalue weighted by Crippen LogP contribution is 2.22. The van der Waals surface area contributed by atoms with Gasteiger partial charge in [-0.15, -0.1) is 0 Å². The summed E-state index contributed by atoms with van der Waals surface area (Å²) >= 11 is 0. The third-order valence-electron chi connectivity index (χ3n) is 4.65. The molecule has 1 aromatic rings. The first-order chi connectivity index (χ1) is 12.1. The molecular weight excluding hydrogens is 327 g/mol. The van der Waals surface area contributed by atoms with Crippen LogP contribution in [0.1, 0.15) is 6.42 Å². The number of benzene rings is 1. The van der Waals surface area contributed by atoms with Crippen LogP contribution >= 0.6 is 0 Å². The molecule has 136 valence electrons. The number of hydrogen-bond acceptors (Lipinski definition) is 4. The lowest BCUT2D eigenvalue weighted by Crippen LogP contribution is -2.54. The zero-order valence-electron chi connectivity index (χ0n) is 14.0. The second-order valence-electron chi connectivity index (χ2n) is 6.39. The minimum Gasteiger partial charge on any atom is -0.395 e. The van der Waals surface area contributed by atoms with Gasteiger partial charge in [-0.05, 0) is 18.2 Å². The molecule has 0 aliphatic carbocycles. The summed E-state index contributed by atoms with van der Waals surface area (Å²) in [5.41, 5.74) is 0.513. The van der Waals surface area contributed by atoms with E-state index in [-0.39, 0.29) is 31.0 Å². The van der Waals surface area contributed by atoms with Gasteiger partial charge < -0.3 is 20.2 Å². The van der Waals surface area contributed by atoms with Gasteiger partial charge in [0.2, 0.25) is 5.91 Å². The van der Waals surface area contributed by atoms with E-state index in [9.17, 15) is 14.0 Å². The summed E-state index contributed by atoms with van der Waals surface area (Å²) in [4.78, 5) is 29.9. The molecule has 0 unspecified atom stereocenters. The zero-order chi connectivity index (χ0) is 17.8. The molecule has 25 heavy (non-hydrogen) atoms. The highest BCUT2D eigenvalue weighted by atomic mass is 19.1. The number of aliphatic hydroxyl groups is 1. The van der Waals surface area contributed by atoms with Crippen LogP contribution in [0.25, 0.3) is 0 Å². The van der Waals surface area contributed by atoms with Crippen molar-refractivity contribution in [2.24, 2.45) is 0 Å². The molecule has 3 amide bonds. The molecule has 0 bridgehead atoms. The number of β-amino-alcohol motifs (C(OH)–C–C–N with tert-alkyl or cyclic N) is 1. The monoisotopic (exact) mass is 350 g/mol. The summed E-state index contributed by atoms with van der Waals surface area (Å²) < 4.78 is 13.4. The van der Waals surface area contributed by atoms with E-state index in [4.69, 9.17) is 5.11 Å². The number of nitrogens with zero attached hydrogens (tertiary/aromatic N) is 3. The number of piperazine rings is 1. The Morgan fingerprint density at radius 1 is 1.28 bits per heavy atom. The molecule has 2 aliphatic rings. The summed E-state index contributed by atoms with van der Waals surface area (Å²) in [6, 6.07) is 5.45. The molecule has 2 heterocycles. The number of hydrogen-bond donors (Lipinski definition) is 2. The largest absolute Gasteiger partial charge is 0.395 e. The molecule has 8 heteroatoms. The average molecular weight is 350 g/mol. The van der Waals surface area contributed by atoms with Crippen molar-refractivity contribution < 1.29 is 19.1 Å². The van der Waals surface area contributed by atoms with Crippen molar-refractivity contribution in [2.45, 2.75) is 12.5 Å². The Hall–Kier alpha value is -2.19. The first kappa shape index (κ1) is 17.6. The van der Waals surface area contributed by atoms with Crippen LogP contribution in [0.3, 0.4) is 0 Å². The van der Waals surface area contributed by atoms with Gasteiger partial charge in [-0.1, -0.05) is 6.07 Å². The number of aliphatic hydroxyl groups excluding tert-OH is 1. The quantitative estimate of drug-likeness (QED) is 0.816. The molecule has 0 saturated carbocycles. The van der Waals surface area contributed by atoms with Crippen molar-refractivity contribution in [1.82, 2.24) is 15.1 Å². The molecule has 0 aromatic heterocycles. The Bertz CT molecular complexity index is 634. The van der Waals surface area contributed by atoms with E-state index in [2.05, 4.69) is 10.2 Å². The number of amides is 3. The third kappa shape index (κ3) is 4.26. The van der Waals surface area contributed by atoms with E-state index < -0.39 is 5.82 Å². The summed E-state index contributed by atoms with van der Waals surface area (Å²) in [5.74, 6) is -0.512. The summed E-state index contributed by atoms with van der Waals surface area (Å²) in [6.07, 6.45) is 0.215. The first-order valence-corrected chi connectivity index (χ1v) is 8.51. The average Bonchev–Trinajstić information content (AvgIpc) is 2.96. The van der Waals surface area contributed by atoms with Gasteiger partial charge in [0.1, 0.15) is 5.82 Å². The molecule has 1 aromatic carbocycles. The van der Waals surface area contributed by atoms with E-state index in [0.29, 0.717) is 31.9 Å². The third-order valence-corrected chi connectivity index (χ3v) is 4.65. The molecule has 2 saturated heterocycles. The van der Waals surface area contributed by atoms with Crippen LogP contribution in [-0.4, -0.2) is 78.8 Å². The number of rotatable bonds is 4. The van der Waals surface area contributed by atoms with E-state index in [1.807, 2.05) is 0 Å². The number of halogens is 1. The lowest BCUT2D eigenvalue weighted by molar-refractivity contribution is -0.117. The van der Waals surface area contributed by atoms with Crippen LogP contribution in [0.5, 0.6) is 0 Å². The normalized spacial score (nSPS) is 21.7. The van der Waals surface area contributed by atoms with E-state index in [0.717, 1.165) is 13.1 Å². The smallest absolute Gasteiger partial charge is 0.317 e. The Labute approximate surface area is 146 Å². The van der Waals surface area contributed by atoms with Gasteiger partial charge in [-0.25, -0.2) is 9.18 Å². The maximum Gasteiger partial charge on any atom is 0.317 e. The number of urea groups is 1. The molecule has 0 radical (unpaired) electrons. The van der Waals surface area contributed by atoms with E-state index >= 15 is 0 Å². The van der Waals surface area contributed by atoms with Crippen LogP contribution in [0.4, 0.5) is 14.9 Å². The fourth-order valence-electron chi connectivity index (χ4n) is 3.28. The number of anilines is 1. The van der Waals surface area contributed by atoms with Crippen molar-refractivity contribution in [1.29, 1.82) is 0 Å². The molecule has 3 rings (SSSR count). The van der Waals surface area contributed by atoms with Crippen LogP contribution in [-0.2, 0) is 4.79 Å². The van der Waals surface area contributed by atoms with Gasteiger partial charge in [0.25, 0.3) is 0 Å². The summed E-state index contributed by atoms with van der Waals surface area (Å²) in [7, 11) is 0. The Morgan fingerprint density at radius 2 is 2.04 bits per heavy atom. The van der Waals surface area contributed by atoms with Crippen LogP contribution in [0.15, 0.2) is 24.3 Å². The van der Waals surface area contributed by atoms with Crippen molar-refractivity contribution >= 4 is 17.6 Å². The molecule has 2 aliphatic heterocycles. The standard InChI is InChI=1S/C17H23FN4O3/c18-13-2-1-3-15(10-13)22-12-14(11-16(22)24)19-17(25)21-6-4-20(5-7-21)8-9-23/h1-3,10,14,23H,4-9,11-12H2,(H,19,25)/t14-/m1/s1. The number of nitrogens with one attached hydrogen (secondary N) is 1. The fraction of sp³-hybridized carbons (Fsp3) is 0.529. The van der Waals surface area contributed by atoms with Gasteiger partial charge in [0.05, 0.1) is 12.6 Å². The summed E-state index contributed by atoms with van der Waals surface area (Å²) in [6.45, 7) is 3.74. The predicted molar refractivity (Wildman–Crippen MR) is 90.8 cm³/mol. The van der Waals surface area contributed by atoms with Gasteiger partial charge in [0, 0.05) is 51.4 Å². The molecular formula is C17H23FN4O3. The Balaban J connectivity index is 1.52. The van der Waals surface area contributed by atoms with Crippen molar-refractivity contribution in [2.75, 3.05) is 50.8 Å². The molecule has 7 nitrogen and oxygen atoms in total. The lowest BCUT2D eigenvalue weighted by atomic mass is 10.2. The highest BCUT2D eigenvalue weighted by molar-refractivity contribution is 5.96. The maximum absolute atomic E-state index is 13.4. The topological polar surface area (TPSA) is 76.1 Å². The number of carbonyl (C=O) groups is 2. The first-order valence-electron chi connectivity index (χ1n) is 8.51. The second-order valence-corrected chi connectivity index (χ2v) is 6.39.